The topological polar surface area (TPSA) is 98.7 Å². The molecule has 1 saturated heterocycles. The molecule has 9 heteroatoms. The van der Waals surface area contributed by atoms with Crippen molar-refractivity contribution in [2.45, 2.75) is 5.92 Å². The number of carbonyl (C=O) groups is 1. The van der Waals surface area contributed by atoms with Crippen LogP contribution < -0.4 is 10.5 Å². The lowest BCUT2D eigenvalue weighted by Crippen LogP contribution is -2.33. The second kappa shape index (κ2) is 9.48. The molecule has 2 aromatic carbocycles. The Morgan fingerprint density at radius 1 is 1.25 bits per heavy atom. The van der Waals surface area contributed by atoms with Gasteiger partial charge in [0.25, 0.3) is 5.91 Å². The third-order valence-electron chi connectivity index (χ3n) is 4.80. The van der Waals surface area contributed by atoms with Crippen LogP contribution in [0.25, 0.3) is 0 Å². The molecule has 0 bridgehead atoms. The quantitative estimate of drug-likeness (QED) is 0.584. The molecule has 0 spiro atoms. The van der Waals surface area contributed by atoms with Gasteiger partial charge in [0.05, 0.1) is 4.92 Å². The summed E-state index contributed by atoms with van der Waals surface area (Å²) in [4.78, 5) is 24.0. The van der Waals surface area contributed by atoms with Gasteiger partial charge < -0.3 is 15.4 Å². The lowest BCUT2D eigenvalue weighted by molar-refractivity contribution is -0.387. The number of amides is 1. The normalized spacial score (nSPS) is 18.4. The summed E-state index contributed by atoms with van der Waals surface area (Å²) in [5, 5.41) is 10.6. The largest absolute Gasteiger partial charge is 0.484 e. The minimum atomic E-state index is -1.00. The van der Waals surface area contributed by atoms with Crippen molar-refractivity contribution in [2.24, 2.45) is 11.7 Å². The molecule has 1 fully saturated rings. The van der Waals surface area contributed by atoms with Crippen molar-refractivity contribution in [2.75, 3.05) is 26.2 Å². The van der Waals surface area contributed by atoms with Crippen molar-refractivity contribution in [3.05, 3.63) is 70.0 Å². The summed E-state index contributed by atoms with van der Waals surface area (Å²) in [5.41, 5.74) is 6.38. The van der Waals surface area contributed by atoms with Crippen LogP contribution in [-0.4, -0.2) is 42.0 Å². The number of halogens is 2. The van der Waals surface area contributed by atoms with E-state index in [1.54, 1.807) is 4.90 Å². The molecule has 0 aliphatic carbocycles. The van der Waals surface area contributed by atoms with Crippen LogP contribution in [0.5, 0.6) is 5.75 Å². The number of ether oxygens (including phenoxy) is 1. The number of benzene rings is 2. The van der Waals surface area contributed by atoms with E-state index in [1.165, 1.54) is 6.07 Å². The third kappa shape index (κ3) is 4.76. The first-order valence-electron chi connectivity index (χ1n) is 8.59. The van der Waals surface area contributed by atoms with Gasteiger partial charge in [0.15, 0.2) is 6.61 Å². The number of nitro benzene ring substituents is 1. The summed E-state index contributed by atoms with van der Waals surface area (Å²) >= 11 is 0. The Morgan fingerprint density at radius 3 is 2.57 bits per heavy atom. The first-order chi connectivity index (χ1) is 13.0. The van der Waals surface area contributed by atoms with Crippen LogP contribution in [0.1, 0.15) is 11.5 Å². The SMILES string of the molecule is Cl.NC[C@@H]1CN(C(=O)COc2ccc([N+](=O)[O-])c(F)c2)C[C@H]1c1ccccc1. The van der Waals surface area contributed by atoms with E-state index in [1.807, 2.05) is 30.3 Å². The molecular weight excluding hydrogens is 389 g/mol. The minimum Gasteiger partial charge on any atom is -0.484 e. The molecule has 1 aliphatic rings. The van der Waals surface area contributed by atoms with Crippen molar-refractivity contribution in [1.82, 2.24) is 4.90 Å². The fourth-order valence-electron chi connectivity index (χ4n) is 3.35. The van der Waals surface area contributed by atoms with E-state index in [0.29, 0.717) is 19.6 Å². The number of nitrogens with two attached hydrogens (primary N) is 1. The van der Waals surface area contributed by atoms with E-state index in [9.17, 15) is 19.3 Å². The second-order valence-corrected chi connectivity index (χ2v) is 6.47. The second-order valence-electron chi connectivity index (χ2n) is 6.47. The molecule has 150 valence electrons. The predicted molar refractivity (Wildman–Crippen MR) is 104 cm³/mol. The van der Waals surface area contributed by atoms with Crippen molar-refractivity contribution >= 4 is 24.0 Å². The summed E-state index contributed by atoms with van der Waals surface area (Å²) in [7, 11) is 0. The number of carbonyl (C=O) groups excluding carboxylic acids is 1. The van der Waals surface area contributed by atoms with E-state index in [2.05, 4.69) is 0 Å². The van der Waals surface area contributed by atoms with Crippen LogP contribution in [0.4, 0.5) is 10.1 Å². The van der Waals surface area contributed by atoms with E-state index in [0.717, 1.165) is 17.7 Å². The molecule has 1 heterocycles. The Morgan fingerprint density at radius 2 is 1.96 bits per heavy atom. The standard InChI is InChI=1S/C19H20FN3O4.ClH/c20-17-8-15(6-7-18(17)23(25)26)27-12-19(24)22-10-14(9-21)16(11-22)13-4-2-1-3-5-13;/h1-8,14,16H,9-12,21H2;1H/t14-,16+;/m1./s1. The van der Waals surface area contributed by atoms with Gasteiger partial charge in [-0.2, -0.15) is 4.39 Å². The van der Waals surface area contributed by atoms with Crippen LogP contribution in [0, 0.1) is 21.8 Å². The number of likely N-dealkylation sites (tertiary alicyclic amines) is 1. The molecule has 2 aromatic rings. The fourth-order valence-corrected chi connectivity index (χ4v) is 3.35. The minimum absolute atomic E-state index is 0. The Kier molecular flexibility index (Phi) is 7.31. The van der Waals surface area contributed by atoms with Gasteiger partial charge in [-0.05, 0) is 24.1 Å². The first kappa shape index (κ1) is 21.6. The van der Waals surface area contributed by atoms with Crippen molar-refractivity contribution < 1.29 is 18.8 Å². The van der Waals surface area contributed by atoms with Crippen LogP contribution >= 0.6 is 12.4 Å². The Balaban J connectivity index is 0.00000280. The van der Waals surface area contributed by atoms with Gasteiger partial charge in [-0.3, -0.25) is 14.9 Å². The summed E-state index contributed by atoms with van der Waals surface area (Å²) in [5.74, 6) is -0.838. The third-order valence-corrected chi connectivity index (χ3v) is 4.80. The zero-order valence-electron chi connectivity index (χ0n) is 15.0. The van der Waals surface area contributed by atoms with Crippen LogP contribution in [0.3, 0.4) is 0 Å². The van der Waals surface area contributed by atoms with Crippen LogP contribution in [0.15, 0.2) is 48.5 Å². The first-order valence-corrected chi connectivity index (χ1v) is 8.59. The van der Waals surface area contributed by atoms with E-state index in [4.69, 9.17) is 10.5 Å². The fraction of sp³-hybridized carbons (Fsp3) is 0.316. The molecule has 2 N–H and O–H groups in total. The molecule has 0 aromatic heterocycles. The van der Waals surface area contributed by atoms with Gasteiger partial charge in [0.1, 0.15) is 5.75 Å². The Bertz CT molecular complexity index is 837. The zero-order chi connectivity index (χ0) is 19.4. The van der Waals surface area contributed by atoms with Gasteiger partial charge in [-0.15, -0.1) is 12.4 Å². The number of rotatable bonds is 6. The number of hydrogen-bond donors (Lipinski definition) is 1. The zero-order valence-corrected chi connectivity index (χ0v) is 15.8. The van der Waals surface area contributed by atoms with Crippen LogP contribution in [-0.2, 0) is 4.79 Å². The predicted octanol–water partition coefficient (Wildman–Crippen LogP) is 2.74. The molecule has 1 aliphatic heterocycles. The lowest BCUT2D eigenvalue weighted by Gasteiger charge is -2.17. The molecular formula is C19H21ClFN3O4. The molecule has 28 heavy (non-hydrogen) atoms. The van der Waals surface area contributed by atoms with Gasteiger partial charge in [0.2, 0.25) is 5.82 Å². The molecule has 0 radical (unpaired) electrons. The summed E-state index contributed by atoms with van der Waals surface area (Å²) in [6.45, 7) is 1.28. The van der Waals surface area contributed by atoms with E-state index >= 15 is 0 Å². The molecule has 3 rings (SSSR count). The average Bonchev–Trinajstić information content (AvgIpc) is 3.11. The molecule has 1 amide bonds. The van der Waals surface area contributed by atoms with Crippen molar-refractivity contribution in [1.29, 1.82) is 0 Å². The van der Waals surface area contributed by atoms with Crippen LogP contribution in [0.2, 0.25) is 0 Å². The van der Waals surface area contributed by atoms with Gasteiger partial charge >= 0.3 is 5.69 Å². The number of hydrogen-bond acceptors (Lipinski definition) is 5. The highest BCUT2D eigenvalue weighted by molar-refractivity contribution is 5.85. The lowest BCUT2D eigenvalue weighted by atomic mass is 9.89. The summed E-state index contributed by atoms with van der Waals surface area (Å²) < 4.78 is 19.0. The number of nitro groups is 1. The highest BCUT2D eigenvalue weighted by atomic mass is 35.5. The average molecular weight is 410 g/mol. The summed E-state index contributed by atoms with van der Waals surface area (Å²) in [6, 6.07) is 13.1. The molecule has 2 atom stereocenters. The van der Waals surface area contributed by atoms with Gasteiger partial charge in [0, 0.05) is 31.1 Å². The summed E-state index contributed by atoms with van der Waals surface area (Å²) in [6.07, 6.45) is 0. The highest BCUT2D eigenvalue weighted by Crippen LogP contribution is 2.32. The van der Waals surface area contributed by atoms with Crippen molar-refractivity contribution in [3.8, 4) is 5.75 Å². The maximum atomic E-state index is 13.6. The molecule has 0 unspecified atom stereocenters. The molecule has 7 nitrogen and oxygen atoms in total. The van der Waals surface area contributed by atoms with Crippen molar-refractivity contribution in [3.63, 3.8) is 0 Å². The van der Waals surface area contributed by atoms with E-state index < -0.39 is 16.4 Å². The van der Waals surface area contributed by atoms with E-state index in [-0.39, 0.29) is 42.5 Å². The maximum absolute atomic E-state index is 13.6. The molecule has 0 saturated carbocycles. The monoisotopic (exact) mass is 409 g/mol. The smallest absolute Gasteiger partial charge is 0.305 e. The maximum Gasteiger partial charge on any atom is 0.305 e. The van der Waals surface area contributed by atoms with Gasteiger partial charge in [-0.1, -0.05) is 30.3 Å². The number of nitrogens with zero attached hydrogens (tertiary/aromatic N) is 2. The highest BCUT2D eigenvalue weighted by Gasteiger charge is 2.35. The Labute approximate surface area is 167 Å². The van der Waals surface area contributed by atoms with Gasteiger partial charge in [-0.25, -0.2) is 0 Å². The Hall–Kier alpha value is -2.71.